The molecule has 0 aromatic heterocycles. The van der Waals surface area contributed by atoms with Crippen LogP contribution in [-0.4, -0.2) is 44.7 Å². The van der Waals surface area contributed by atoms with Gasteiger partial charge in [0.25, 0.3) is 5.91 Å². The number of piperidine rings is 1. The van der Waals surface area contributed by atoms with Gasteiger partial charge in [-0.05, 0) is 37.5 Å². The summed E-state index contributed by atoms with van der Waals surface area (Å²) in [6.07, 6.45) is 3.34. The molecule has 1 unspecified atom stereocenters. The summed E-state index contributed by atoms with van der Waals surface area (Å²) < 4.78 is 4.88. The van der Waals surface area contributed by atoms with E-state index < -0.39 is 11.9 Å². The molecule has 1 aromatic carbocycles. The van der Waals surface area contributed by atoms with Crippen molar-refractivity contribution in [3.63, 3.8) is 0 Å². The SMILES string of the molecule is COCC(N)C(=O)Nc1ccc(C(N)=O)c(N2CCCCC2)c1.Cl. The maximum atomic E-state index is 12.0. The van der Waals surface area contributed by atoms with Gasteiger partial charge in [-0.3, -0.25) is 9.59 Å². The van der Waals surface area contributed by atoms with E-state index in [1.165, 1.54) is 13.5 Å². The molecule has 1 aliphatic heterocycles. The number of rotatable bonds is 6. The van der Waals surface area contributed by atoms with Crippen LogP contribution in [-0.2, 0) is 9.53 Å². The Kier molecular flexibility index (Phi) is 7.97. The number of ether oxygens (including phenoxy) is 1. The molecule has 0 spiro atoms. The molecule has 0 radical (unpaired) electrons. The zero-order chi connectivity index (χ0) is 16.8. The summed E-state index contributed by atoms with van der Waals surface area (Å²) in [4.78, 5) is 25.8. The number of hydrogen-bond acceptors (Lipinski definition) is 5. The van der Waals surface area contributed by atoms with Crippen LogP contribution in [0, 0.1) is 0 Å². The number of methoxy groups -OCH3 is 1. The zero-order valence-corrected chi connectivity index (χ0v) is 14.6. The first-order valence-corrected chi connectivity index (χ1v) is 7.77. The molecule has 8 heteroatoms. The van der Waals surface area contributed by atoms with Gasteiger partial charge in [0.05, 0.1) is 17.9 Å². The Balaban J connectivity index is 0.00000288. The Morgan fingerprint density at radius 2 is 1.96 bits per heavy atom. The highest BCUT2D eigenvalue weighted by Gasteiger charge is 2.19. The maximum absolute atomic E-state index is 12.0. The molecule has 2 amide bonds. The van der Waals surface area contributed by atoms with Crippen LogP contribution in [0.3, 0.4) is 0 Å². The first-order valence-electron chi connectivity index (χ1n) is 7.77. The molecule has 7 nitrogen and oxygen atoms in total. The van der Waals surface area contributed by atoms with E-state index in [0.717, 1.165) is 31.6 Å². The lowest BCUT2D eigenvalue weighted by atomic mass is 10.1. The fraction of sp³-hybridized carbons (Fsp3) is 0.500. The number of nitrogens with zero attached hydrogens (tertiary/aromatic N) is 1. The molecule has 2 rings (SSSR count). The number of carbonyl (C=O) groups excluding carboxylic acids is 2. The molecule has 0 saturated carbocycles. The third-order valence-electron chi connectivity index (χ3n) is 3.91. The smallest absolute Gasteiger partial charge is 0.250 e. The summed E-state index contributed by atoms with van der Waals surface area (Å²) in [6, 6.07) is 4.34. The molecule has 1 atom stereocenters. The molecule has 5 N–H and O–H groups in total. The number of nitrogens with two attached hydrogens (primary N) is 2. The van der Waals surface area contributed by atoms with E-state index in [-0.39, 0.29) is 24.9 Å². The highest BCUT2D eigenvalue weighted by molar-refractivity contribution is 6.01. The number of amides is 2. The molecular formula is C16H25ClN4O3. The Bertz CT molecular complexity index is 576. The van der Waals surface area contributed by atoms with Crippen molar-refractivity contribution in [3.05, 3.63) is 23.8 Å². The number of benzene rings is 1. The lowest BCUT2D eigenvalue weighted by molar-refractivity contribution is -0.118. The van der Waals surface area contributed by atoms with E-state index in [0.29, 0.717) is 11.3 Å². The van der Waals surface area contributed by atoms with Crippen molar-refractivity contribution in [3.8, 4) is 0 Å². The monoisotopic (exact) mass is 356 g/mol. The molecule has 1 heterocycles. The summed E-state index contributed by atoms with van der Waals surface area (Å²) in [7, 11) is 1.49. The Morgan fingerprint density at radius 1 is 1.29 bits per heavy atom. The van der Waals surface area contributed by atoms with Crippen molar-refractivity contribution in [1.29, 1.82) is 0 Å². The van der Waals surface area contributed by atoms with Crippen LogP contribution in [0.5, 0.6) is 0 Å². The van der Waals surface area contributed by atoms with Crippen molar-refractivity contribution in [2.24, 2.45) is 11.5 Å². The van der Waals surface area contributed by atoms with E-state index in [9.17, 15) is 9.59 Å². The topological polar surface area (TPSA) is 111 Å². The minimum atomic E-state index is -0.741. The average molecular weight is 357 g/mol. The highest BCUT2D eigenvalue weighted by Crippen LogP contribution is 2.27. The van der Waals surface area contributed by atoms with Gasteiger partial charge in [0.2, 0.25) is 5.91 Å². The number of hydrogen-bond donors (Lipinski definition) is 3. The third kappa shape index (κ3) is 5.09. The van der Waals surface area contributed by atoms with Gasteiger partial charge in [0, 0.05) is 25.9 Å². The van der Waals surface area contributed by atoms with E-state index in [4.69, 9.17) is 16.2 Å². The molecule has 1 aromatic rings. The Morgan fingerprint density at radius 3 is 2.54 bits per heavy atom. The standard InChI is InChI=1S/C16H24N4O3.ClH/c1-23-10-13(17)16(22)19-11-5-6-12(15(18)21)14(9-11)20-7-3-2-4-8-20;/h5-6,9,13H,2-4,7-8,10,17H2,1H3,(H2,18,21)(H,19,22);1H. The number of carbonyl (C=O) groups is 2. The molecule has 1 fully saturated rings. The van der Waals surface area contributed by atoms with E-state index >= 15 is 0 Å². The molecule has 0 bridgehead atoms. The second-order valence-corrected chi connectivity index (χ2v) is 5.69. The summed E-state index contributed by atoms with van der Waals surface area (Å²) in [5.41, 5.74) is 13.0. The summed E-state index contributed by atoms with van der Waals surface area (Å²) in [5.74, 6) is -0.803. The highest BCUT2D eigenvalue weighted by atomic mass is 35.5. The third-order valence-corrected chi connectivity index (χ3v) is 3.91. The van der Waals surface area contributed by atoms with Gasteiger partial charge in [-0.25, -0.2) is 0 Å². The Hall–Kier alpha value is -1.83. The van der Waals surface area contributed by atoms with Gasteiger partial charge in [-0.2, -0.15) is 0 Å². The predicted molar refractivity (Wildman–Crippen MR) is 96.8 cm³/mol. The zero-order valence-electron chi connectivity index (χ0n) is 13.8. The quantitative estimate of drug-likeness (QED) is 0.707. The number of primary amides is 1. The maximum Gasteiger partial charge on any atom is 0.250 e. The van der Waals surface area contributed by atoms with Crippen LogP contribution in [0.15, 0.2) is 18.2 Å². The molecular weight excluding hydrogens is 332 g/mol. The predicted octanol–water partition coefficient (Wildman–Crippen LogP) is 1.11. The van der Waals surface area contributed by atoms with Crippen molar-refractivity contribution >= 4 is 35.6 Å². The van der Waals surface area contributed by atoms with Gasteiger partial charge in [-0.1, -0.05) is 0 Å². The van der Waals surface area contributed by atoms with Gasteiger partial charge >= 0.3 is 0 Å². The average Bonchev–Trinajstić information content (AvgIpc) is 2.55. The van der Waals surface area contributed by atoms with Gasteiger partial charge in [-0.15, -0.1) is 12.4 Å². The van der Waals surface area contributed by atoms with Crippen molar-refractivity contribution in [2.45, 2.75) is 25.3 Å². The summed E-state index contributed by atoms with van der Waals surface area (Å²) in [6.45, 7) is 1.89. The van der Waals surface area contributed by atoms with Crippen LogP contribution in [0.2, 0.25) is 0 Å². The minimum absolute atomic E-state index is 0. The lowest BCUT2D eigenvalue weighted by Gasteiger charge is -2.30. The minimum Gasteiger partial charge on any atom is -0.383 e. The first-order chi connectivity index (χ1) is 11.0. The fourth-order valence-corrected chi connectivity index (χ4v) is 2.70. The van der Waals surface area contributed by atoms with Crippen molar-refractivity contribution in [1.82, 2.24) is 0 Å². The van der Waals surface area contributed by atoms with Gasteiger partial charge in [0.15, 0.2) is 0 Å². The summed E-state index contributed by atoms with van der Waals surface area (Å²) >= 11 is 0. The van der Waals surface area contributed by atoms with E-state index in [1.54, 1.807) is 18.2 Å². The van der Waals surface area contributed by atoms with Gasteiger partial charge < -0.3 is 26.4 Å². The molecule has 1 saturated heterocycles. The summed E-state index contributed by atoms with van der Waals surface area (Å²) in [5, 5.41) is 2.75. The van der Waals surface area contributed by atoms with Crippen molar-refractivity contribution in [2.75, 3.05) is 37.0 Å². The largest absolute Gasteiger partial charge is 0.383 e. The van der Waals surface area contributed by atoms with Crippen LogP contribution in [0.4, 0.5) is 11.4 Å². The number of nitrogens with one attached hydrogen (secondary N) is 1. The number of halogens is 1. The normalized spacial score (nSPS) is 15.3. The molecule has 24 heavy (non-hydrogen) atoms. The molecule has 134 valence electrons. The second-order valence-electron chi connectivity index (χ2n) is 5.69. The van der Waals surface area contributed by atoms with Gasteiger partial charge in [0.1, 0.15) is 6.04 Å². The van der Waals surface area contributed by atoms with E-state index in [1.807, 2.05) is 0 Å². The van der Waals surface area contributed by atoms with Crippen LogP contribution in [0.1, 0.15) is 29.6 Å². The fourth-order valence-electron chi connectivity index (χ4n) is 2.70. The van der Waals surface area contributed by atoms with Crippen molar-refractivity contribution < 1.29 is 14.3 Å². The van der Waals surface area contributed by atoms with E-state index in [2.05, 4.69) is 10.2 Å². The van der Waals surface area contributed by atoms with Crippen LogP contribution in [0.25, 0.3) is 0 Å². The second kappa shape index (κ2) is 9.46. The van der Waals surface area contributed by atoms with Crippen LogP contribution < -0.4 is 21.7 Å². The Labute approximate surface area is 148 Å². The number of anilines is 2. The van der Waals surface area contributed by atoms with Crippen LogP contribution >= 0.6 is 12.4 Å². The molecule has 1 aliphatic rings. The first kappa shape index (κ1) is 20.2. The molecule has 0 aliphatic carbocycles. The lowest BCUT2D eigenvalue weighted by Crippen LogP contribution is -2.39.